The van der Waals surface area contributed by atoms with E-state index >= 15 is 0 Å². The molecule has 108 valence electrons. The van der Waals surface area contributed by atoms with Crippen LogP contribution < -0.4 is 5.32 Å². The standard InChI is InChI=1S/C15H15N3O3/c19-14(9-1-3-10(4-2-9)15(20)21)17-12-6-5-11-8-16-18-13(11)7-12/h1-4,8,12H,5-7H2,(H,16,18)(H,17,19)(H,20,21)/t12-/m0/s1. The molecule has 3 rings (SSSR count). The summed E-state index contributed by atoms with van der Waals surface area (Å²) in [4.78, 5) is 22.9. The molecule has 0 aliphatic heterocycles. The minimum atomic E-state index is -0.999. The van der Waals surface area contributed by atoms with Gasteiger partial charge in [-0.2, -0.15) is 5.10 Å². The number of H-pyrrole nitrogens is 1. The minimum absolute atomic E-state index is 0.0737. The minimum Gasteiger partial charge on any atom is -0.478 e. The zero-order valence-corrected chi connectivity index (χ0v) is 11.3. The largest absolute Gasteiger partial charge is 0.478 e. The molecule has 6 heteroatoms. The predicted octanol–water partition coefficient (Wildman–Crippen LogP) is 1.40. The summed E-state index contributed by atoms with van der Waals surface area (Å²) >= 11 is 0. The molecule has 0 spiro atoms. The van der Waals surface area contributed by atoms with Gasteiger partial charge in [0.15, 0.2) is 0 Å². The molecule has 0 bridgehead atoms. The molecule has 6 nitrogen and oxygen atoms in total. The number of aromatic carboxylic acids is 1. The van der Waals surface area contributed by atoms with E-state index in [9.17, 15) is 9.59 Å². The lowest BCUT2D eigenvalue weighted by atomic mass is 9.93. The summed E-state index contributed by atoms with van der Waals surface area (Å²) in [5.41, 5.74) is 2.93. The van der Waals surface area contributed by atoms with Crippen molar-refractivity contribution in [1.82, 2.24) is 15.5 Å². The molecule has 2 aromatic rings. The van der Waals surface area contributed by atoms with Crippen LogP contribution in [0.4, 0.5) is 0 Å². The first kappa shape index (κ1) is 13.4. The number of amides is 1. The highest BCUT2D eigenvalue weighted by Gasteiger charge is 2.22. The number of benzene rings is 1. The maximum Gasteiger partial charge on any atom is 0.335 e. The van der Waals surface area contributed by atoms with Gasteiger partial charge in [-0.1, -0.05) is 0 Å². The summed E-state index contributed by atoms with van der Waals surface area (Å²) < 4.78 is 0. The molecule has 0 saturated heterocycles. The summed E-state index contributed by atoms with van der Waals surface area (Å²) in [6.07, 6.45) is 4.35. The molecular formula is C15H15N3O3. The first-order valence-electron chi connectivity index (χ1n) is 6.79. The molecular weight excluding hydrogens is 270 g/mol. The SMILES string of the molecule is O=C(O)c1ccc(C(=O)N[C@H]2CCc3cn[nH]c3C2)cc1. The number of nitrogens with zero attached hydrogens (tertiary/aromatic N) is 1. The van der Waals surface area contributed by atoms with Crippen LogP contribution in [0.3, 0.4) is 0 Å². The van der Waals surface area contributed by atoms with Crippen LogP contribution in [0, 0.1) is 0 Å². The Hall–Kier alpha value is -2.63. The highest BCUT2D eigenvalue weighted by Crippen LogP contribution is 2.19. The van der Waals surface area contributed by atoms with Gasteiger partial charge in [-0.25, -0.2) is 4.79 Å². The molecule has 0 unspecified atom stereocenters. The number of hydrogen-bond acceptors (Lipinski definition) is 3. The fraction of sp³-hybridized carbons (Fsp3) is 0.267. The van der Waals surface area contributed by atoms with Crippen molar-refractivity contribution < 1.29 is 14.7 Å². The second-order valence-corrected chi connectivity index (χ2v) is 5.17. The van der Waals surface area contributed by atoms with Gasteiger partial charge in [0.1, 0.15) is 0 Å². The lowest BCUT2D eigenvalue weighted by molar-refractivity contribution is 0.0696. The Labute approximate surface area is 121 Å². The third-order valence-corrected chi connectivity index (χ3v) is 3.75. The number of carbonyl (C=O) groups is 2. The van der Waals surface area contributed by atoms with Gasteiger partial charge in [0, 0.05) is 23.7 Å². The van der Waals surface area contributed by atoms with Crippen LogP contribution in [0.1, 0.15) is 38.4 Å². The van der Waals surface area contributed by atoms with Crippen molar-refractivity contribution in [3.05, 3.63) is 52.8 Å². The zero-order chi connectivity index (χ0) is 14.8. The van der Waals surface area contributed by atoms with Crippen molar-refractivity contribution in [1.29, 1.82) is 0 Å². The molecule has 3 N–H and O–H groups in total. The van der Waals surface area contributed by atoms with Crippen LogP contribution in [0.5, 0.6) is 0 Å². The molecule has 0 saturated carbocycles. The quantitative estimate of drug-likeness (QED) is 0.794. The number of carbonyl (C=O) groups excluding carboxylic acids is 1. The highest BCUT2D eigenvalue weighted by atomic mass is 16.4. The lowest BCUT2D eigenvalue weighted by Crippen LogP contribution is -2.38. The third-order valence-electron chi connectivity index (χ3n) is 3.75. The molecule has 1 atom stereocenters. The van der Waals surface area contributed by atoms with Gasteiger partial charge in [0.25, 0.3) is 5.91 Å². The van der Waals surface area contributed by atoms with Gasteiger partial charge in [-0.3, -0.25) is 9.89 Å². The summed E-state index contributed by atoms with van der Waals surface area (Å²) in [7, 11) is 0. The molecule has 0 radical (unpaired) electrons. The number of aromatic nitrogens is 2. The van der Waals surface area contributed by atoms with E-state index in [-0.39, 0.29) is 17.5 Å². The van der Waals surface area contributed by atoms with Gasteiger partial charge in [-0.15, -0.1) is 0 Å². The van der Waals surface area contributed by atoms with E-state index in [0.717, 1.165) is 25.0 Å². The Morgan fingerprint density at radius 2 is 1.95 bits per heavy atom. The average molecular weight is 285 g/mol. The van der Waals surface area contributed by atoms with Crippen molar-refractivity contribution in [3.63, 3.8) is 0 Å². The molecule has 1 aliphatic carbocycles. The van der Waals surface area contributed by atoms with E-state index in [0.29, 0.717) is 5.56 Å². The highest BCUT2D eigenvalue weighted by molar-refractivity contribution is 5.96. The van der Waals surface area contributed by atoms with Crippen LogP contribution in [-0.4, -0.2) is 33.2 Å². The Kier molecular flexibility index (Phi) is 3.43. The number of aromatic amines is 1. The van der Waals surface area contributed by atoms with Gasteiger partial charge in [0.05, 0.1) is 11.8 Å². The van der Waals surface area contributed by atoms with E-state index in [1.54, 1.807) is 0 Å². The number of carboxylic acids is 1. The molecule has 1 amide bonds. The Morgan fingerprint density at radius 3 is 2.67 bits per heavy atom. The summed E-state index contributed by atoms with van der Waals surface area (Å²) in [6.45, 7) is 0. The zero-order valence-electron chi connectivity index (χ0n) is 11.3. The fourth-order valence-corrected chi connectivity index (χ4v) is 2.56. The number of rotatable bonds is 3. The topological polar surface area (TPSA) is 95.1 Å². The van der Waals surface area contributed by atoms with E-state index in [2.05, 4.69) is 15.5 Å². The first-order valence-corrected chi connectivity index (χ1v) is 6.79. The van der Waals surface area contributed by atoms with E-state index in [1.165, 1.54) is 29.8 Å². The van der Waals surface area contributed by atoms with E-state index < -0.39 is 5.97 Å². The van der Waals surface area contributed by atoms with Gasteiger partial charge in [0.2, 0.25) is 0 Å². The van der Waals surface area contributed by atoms with E-state index in [1.807, 2.05) is 6.20 Å². The van der Waals surface area contributed by atoms with Crippen molar-refractivity contribution in [2.75, 3.05) is 0 Å². The molecule has 1 aromatic carbocycles. The Morgan fingerprint density at radius 1 is 1.24 bits per heavy atom. The number of nitrogens with one attached hydrogen (secondary N) is 2. The van der Waals surface area contributed by atoms with Gasteiger partial charge < -0.3 is 10.4 Å². The van der Waals surface area contributed by atoms with Crippen LogP contribution in [0.25, 0.3) is 0 Å². The maximum atomic E-state index is 12.2. The smallest absolute Gasteiger partial charge is 0.335 e. The van der Waals surface area contributed by atoms with Crippen molar-refractivity contribution in [2.45, 2.75) is 25.3 Å². The summed E-state index contributed by atoms with van der Waals surface area (Å²) in [5, 5.41) is 18.8. The molecule has 21 heavy (non-hydrogen) atoms. The van der Waals surface area contributed by atoms with Gasteiger partial charge >= 0.3 is 5.97 Å². The normalized spacial score (nSPS) is 17.0. The van der Waals surface area contributed by atoms with Crippen LogP contribution in [-0.2, 0) is 12.8 Å². The molecule has 1 aliphatic rings. The van der Waals surface area contributed by atoms with Crippen molar-refractivity contribution in [3.8, 4) is 0 Å². The third kappa shape index (κ3) is 2.79. The molecule has 0 fully saturated rings. The van der Waals surface area contributed by atoms with Gasteiger partial charge in [-0.05, 0) is 42.7 Å². The van der Waals surface area contributed by atoms with E-state index in [4.69, 9.17) is 5.11 Å². The maximum absolute atomic E-state index is 12.2. The number of fused-ring (bicyclic) bond motifs is 1. The Balaban J connectivity index is 1.65. The lowest BCUT2D eigenvalue weighted by Gasteiger charge is -2.22. The second-order valence-electron chi connectivity index (χ2n) is 5.17. The first-order chi connectivity index (χ1) is 10.1. The van der Waals surface area contributed by atoms with Crippen molar-refractivity contribution >= 4 is 11.9 Å². The average Bonchev–Trinajstić information content (AvgIpc) is 2.95. The second kappa shape index (κ2) is 5.40. The van der Waals surface area contributed by atoms with Crippen LogP contribution >= 0.6 is 0 Å². The molecule has 1 aromatic heterocycles. The number of carboxylic acid groups (broad SMARTS) is 1. The van der Waals surface area contributed by atoms with Crippen LogP contribution in [0.15, 0.2) is 30.5 Å². The summed E-state index contributed by atoms with van der Waals surface area (Å²) in [6, 6.07) is 6.01. The van der Waals surface area contributed by atoms with Crippen molar-refractivity contribution in [2.24, 2.45) is 0 Å². The Bertz CT molecular complexity index is 676. The predicted molar refractivity (Wildman–Crippen MR) is 75.3 cm³/mol. The summed E-state index contributed by atoms with van der Waals surface area (Å²) in [5.74, 6) is -1.18. The monoisotopic (exact) mass is 285 g/mol. The molecule has 1 heterocycles. The number of aryl methyl sites for hydroxylation is 1. The van der Waals surface area contributed by atoms with Crippen LogP contribution in [0.2, 0.25) is 0 Å². The fourth-order valence-electron chi connectivity index (χ4n) is 2.56. The number of hydrogen-bond donors (Lipinski definition) is 3.